The summed E-state index contributed by atoms with van der Waals surface area (Å²) in [5.41, 5.74) is 0. The van der Waals surface area contributed by atoms with Crippen LogP contribution in [-0.2, 0) is 9.53 Å². The number of ether oxygens (including phenoxy) is 1. The standard InChI is InChI=1S/C10H19O2Si/c1-9(8-11)10(13(2)3)6-4-5-7-12-10/h9,13H,4-7H2,1-3H3. The van der Waals surface area contributed by atoms with Gasteiger partial charge >= 0.3 is 0 Å². The molecule has 75 valence electrons. The third kappa shape index (κ3) is 2.02. The summed E-state index contributed by atoms with van der Waals surface area (Å²) in [4.78, 5) is 10.7. The molecule has 1 fully saturated rings. The van der Waals surface area contributed by atoms with E-state index >= 15 is 0 Å². The van der Waals surface area contributed by atoms with Gasteiger partial charge in [-0.2, -0.15) is 0 Å². The van der Waals surface area contributed by atoms with Gasteiger partial charge in [-0.05, 0) is 19.3 Å². The third-order valence-corrected chi connectivity index (χ3v) is 6.13. The van der Waals surface area contributed by atoms with E-state index in [4.69, 9.17) is 4.74 Å². The lowest BCUT2D eigenvalue weighted by Crippen LogP contribution is -2.52. The molecule has 1 saturated heterocycles. The van der Waals surface area contributed by atoms with Gasteiger partial charge in [0.05, 0.1) is 14.0 Å². The van der Waals surface area contributed by atoms with Crippen LogP contribution in [-0.4, -0.2) is 26.9 Å². The first-order valence-electron chi connectivity index (χ1n) is 5.15. The van der Waals surface area contributed by atoms with Crippen molar-refractivity contribution in [3.8, 4) is 0 Å². The van der Waals surface area contributed by atoms with E-state index in [1.165, 1.54) is 6.42 Å². The highest BCUT2D eigenvalue weighted by Crippen LogP contribution is 2.33. The molecule has 13 heavy (non-hydrogen) atoms. The first kappa shape index (κ1) is 10.9. The second-order valence-corrected chi connectivity index (χ2v) is 7.54. The van der Waals surface area contributed by atoms with Crippen molar-refractivity contribution < 1.29 is 9.53 Å². The molecule has 0 aromatic heterocycles. The van der Waals surface area contributed by atoms with E-state index < -0.39 is 8.80 Å². The Balaban J connectivity index is 2.78. The first-order chi connectivity index (χ1) is 6.13. The fraction of sp³-hybridized carbons (Fsp3) is 0.900. The Morgan fingerprint density at radius 1 is 1.46 bits per heavy atom. The van der Waals surface area contributed by atoms with Crippen LogP contribution >= 0.6 is 0 Å². The third-order valence-electron chi connectivity index (χ3n) is 3.22. The maximum absolute atomic E-state index is 10.7. The van der Waals surface area contributed by atoms with Crippen LogP contribution in [0.15, 0.2) is 0 Å². The average molecular weight is 199 g/mol. The highest BCUT2D eigenvalue weighted by Gasteiger charge is 2.42. The minimum atomic E-state index is -0.948. The van der Waals surface area contributed by atoms with Crippen LogP contribution in [0.1, 0.15) is 26.2 Å². The van der Waals surface area contributed by atoms with Crippen LogP contribution in [0.5, 0.6) is 0 Å². The van der Waals surface area contributed by atoms with Gasteiger partial charge in [0.15, 0.2) is 0 Å². The summed E-state index contributed by atoms with van der Waals surface area (Å²) in [6.45, 7) is 7.31. The summed E-state index contributed by atoms with van der Waals surface area (Å²) in [6.07, 6.45) is 5.53. The summed E-state index contributed by atoms with van der Waals surface area (Å²) in [6, 6.07) is 0. The highest BCUT2D eigenvalue weighted by atomic mass is 28.3. The monoisotopic (exact) mass is 199 g/mol. The topological polar surface area (TPSA) is 26.3 Å². The SMILES string of the molecule is CC([C]=O)C1([SiH](C)C)CCCCO1. The van der Waals surface area contributed by atoms with E-state index in [0.29, 0.717) is 0 Å². The molecule has 0 spiro atoms. The lowest BCUT2D eigenvalue weighted by Gasteiger charge is -2.42. The Hall–Kier alpha value is -0.153. The molecule has 2 nitrogen and oxygen atoms in total. The van der Waals surface area contributed by atoms with Gasteiger partial charge < -0.3 is 4.74 Å². The van der Waals surface area contributed by atoms with Gasteiger partial charge in [0.25, 0.3) is 0 Å². The Kier molecular flexibility index (Phi) is 3.68. The number of hydrogen-bond acceptors (Lipinski definition) is 2. The van der Waals surface area contributed by atoms with Gasteiger partial charge in [0.1, 0.15) is 0 Å². The van der Waals surface area contributed by atoms with Crippen molar-refractivity contribution in [3.05, 3.63) is 0 Å². The predicted octanol–water partition coefficient (Wildman–Crippen LogP) is 1.70. The van der Waals surface area contributed by atoms with Crippen LogP contribution in [0.3, 0.4) is 0 Å². The van der Waals surface area contributed by atoms with Gasteiger partial charge in [0.2, 0.25) is 6.29 Å². The second kappa shape index (κ2) is 4.38. The maximum atomic E-state index is 10.7. The Morgan fingerprint density at radius 3 is 2.54 bits per heavy atom. The van der Waals surface area contributed by atoms with Gasteiger partial charge in [-0.3, -0.25) is 4.79 Å². The van der Waals surface area contributed by atoms with Crippen molar-refractivity contribution in [1.29, 1.82) is 0 Å². The number of hydrogen-bond donors (Lipinski definition) is 0. The number of carbonyl (C=O) groups excluding carboxylic acids is 1. The van der Waals surface area contributed by atoms with Gasteiger partial charge in [-0.25, -0.2) is 0 Å². The summed E-state index contributed by atoms with van der Waals surface area (Å²) < 4.78 is 5.88. The molecule has 0 aliphatic carbocycles. The Bertz CT molecular complexity index is 174. The van der Waals surface area contributed by atoms with E-state index in [0.717, 1.165) is 19.4 Å². The molecule has 2 unspecified atom stereocenters. The van der Waals surface area contributed by atoms with Crippen molar-refractivity contribution in [3.63, 3.8) is 0 Å². The highest BCUT2D eigenvalue weighted by molar-refractivity contribution is 6.59. The fourth-order valence-electron chi connectivity index (χ4n) is 2.23. The zero-order chi connectivity index (χ0) is 9.90. The molecule has 1 heterocycles. The van der Waals surface area contributed by atoms with E-state index in [-0.39, 0.29) is 11.1 Å². The molecule has 1 rings (SSSR count). The van der Waals surface area contributed by atoms with Crippen LogP contribution < -0.4 is 0 Å². The molecule has 1 aliphatic heterocycles. The zero-order valence-corrected chi connectivity index (χ0v) is 9.95. The van der Waals surface area contributed by atoms with E-state index in [2.05, 4.69) is 19.4 Å². The lowest BCUT2D eigenvalue weighted by molar-refractivity contribution is -0.0406. The largest absolute Gasteiger partial charge is 0.378 e. The predicted molar refractivity (Wildman–Crippen MR) is 56.3 cm³/mol. The van der Waals surface area contributed by atoms with Crippen LogP contribution in [0.4, 0.5) is 0 Å². The van der Waals surface area contributed by atoms with Crippen molar-refractivity contribution in [2.24, 2.45) is 5.92 Å². The molecular formula is C10H19O2Si. The second-order valence-electron chi connectivity index (χ2n) is 4.25. The average Bonchev–Trinajstić information content (AvgIpc) is 2.17. The zero-order valence-electron chi connectivity index (χ0n) is 8.80. The smallest absolute Gasteiger partial charge is 0.204 e. The summed E-state index contributed by atoms with van der Waals surface area (Å²) >= 11 is 0. The number of rotatable bonds is 3. The van der Waals surface area contributed by atoms with Crippen LogP contribution in [0.25, 0.3) is 0 Å². The van der Waals surface area contributed by atoms with Crippen molar-refractivity contribution in [1.82, 2.24) is 0 Å². The van der Waals surface area contributed by atoms with Gasteiger partial charge in [-0.15, -0.1) is 0 Å². The fourth-order valence-corrected chi connectivity index (χ4v) is 4.54. The molecule has 0 amide bonds. The molecule has 2 atom stereocenters. The summed E-state index contributed by atoms with van der Waals surface area (Å²) in [5, 5.41) is -0.0972. The Morgan fingerprint density at radius 2 is 2.15 bits per heavy atom. The molecule has 0 N–H and O–H groups in total. The molecule has 1 radical (unpaired) electrons. The molecule has 0 aromatic carbocycles. The summed E-state index contributed by atoms with van der Waals surface area (Å²) in [5.74, 6) is -0.0422. The molecule has 0 saturated carbocycles. The summed E-state index contributed by atoms with van der Waals surface area (Å²) in [7, 11) is -0.948. The van der Waals surface area contributed by atoms with E-state index in [9.17, 15) is 4.79 Å². The van der Waals surface area contributed by atoms with Crippen molar-refractivity contribution in [2.45, 2.75) is 44.5 Å². The minimum absolute atomic E-state index is 0.0422. The normalized spacial score (nSPS) is 31.7. The van der Waals surface area contributed by atoms with Gasteiger partial charge in [0, 0.05) is 12.5 Å². The molecule has 1 aliphatic rings. The van der Waals surface area contributed by atoms with Crippen molar-refractivity contribution >= 4 is 15.1 Å². The van der Waals surface area contributed by atoms with E-state index in [1.807, 2.05) is 6.92 Å². The first-order valence-corrected chi connectivity index (χ1v) is 8.04. The lowest BCUT2D eigenvalue weighted by atomic mass is 9.97. The Labute approximate surface area is 82.3 Å². The minimum Gasteiger partial charge on any atom is -0.378 e. The maximum Gasteiger partial charge on any atom is 0.204 e. The van der Waals surface area contributed by atoms with Gasteiger partial charge in [-0.1, -0.05) is 20.0 Å². The van der Waals surface area contributed by atoms with E-state index in [1.54, 1.807) is 0 Å². The molecular weight excluding hydrogens is 180 g/mol. The van der Waals surface area contributed by atoms with Crippen LogP contribution in [0.2, 0.25) is 13.1 Å². The molecule has 0 aromatic rings. The molecule has 3 heteroatoms. The molecule has 0 bridgehead atoms. The van der Waals surface area contributed by atoms with Crippen molar-refractivity contribution in [2.75, 3.05) is 6.61 Å². The quantitative estimate of drug-likeness (QED) is 0.647. The van der Waals surface area contributed by atoms with Crippen LogP contribution in [0, 0.1) is 5.92 Å².